The number of nitrogens with zero attached hydrogens (tertiary/aromatic N) is 2. The number of hydrogen-bond donors (Lipinski definition) is 0. The molecule has 0 radical (unpaired) electrons. The number of carbonyl (C=O) groups is 1. The fourth-order valence-corrected chi connectivity index (χ4v) is 1.72. The molecule has 1 heterocycles. The van der Waals surface area contributed by atoms with E-state index in [1.165, 1.54) is 0 Å². The lowest BCUT2D eigenvalue weighted by Crippen LogP contribution is -2.02. The van der Waals surface area contributed by atoms with E-state index in [0.29, 0.717) is 5.56 Å². The van der Waals surface area contributed by atoms with Gasteiger partial charge in [0, 0.05) is 18.0 Å². The number of carbonyl (C=O) groups excluding carboxylic acids is 1. The predicted molar refractivity (Wildman–Crippen MR) is 73.3 cm³/mol. The number of aryl methyl sites for hydroxylation is 1. The molecule has 0 aliphatic carbocycles. The molecule has 0 atom stereocenters. The SMILES string of the molecule is Cc1cccc(C(=O)/C(C#N)=C/c2ccncc2)c1. The van der Waals surface area contributed by atoms with E-state index in [2.05, 4.69) is 4.98 Å². The Morgan fingerprint density at radius 3 is 2.63 bits per heavy atom. The van der Waals surface area contributed by atoms with Crippen molar-refractivity contribution in [1.82, 2.24) is 4.98 Å². The van der Waals surface area contributed by atoms with Crippen LogP contribution in [0.25, 0.3) is 6.08 Å². The van der Waals surface area contributed by atoms with Crippen molar-refractivity contribution in [2.24, 2.45) is 0 Å². The maximum absolute atomic E-state index is 12.2. The van der Waals surface area contributed by atoms with Gasteiger partial charge in [0.2, 0.25) is 5.78 Å². The number of hydrogen-bond acceptors (Lipinski definition) is 3. The topological polar surface area (TPSA) is 53.8 Å². The molecular weight excluding hydrogens is 236 g/mol. The first-order chi connectivity index (χ1) is 9.20. The molecule has 0 bridgehead atoms. The van der Waals surface area contributed by atoms with Crippen LogP contribution in [0.15, 0.2) is 54.4 Å². The maximum atomic E-state index is 12.2. The van der Waals surface area contributed by atoms with E-state index < -0.39 is 0 Å². The summed E-state index contributed by atoms with van der Waals surface area (Å²) in [7, 11) is 0. The van der Waals surface area contributed by atoms with E-state index in [0.717, 1.165) is 11.1 Å². The van der Waals surface area contributed by atoms with Gasteiger partial charge in [0.25, 0.3) is 0 Å². The molecule has 0 amide bonds. The van der Waals surface area contributed by atoms with Crippen LogP contribution < -0.4 is 0 Å². The maximum Gasteiger partial charge on any atom is 0.203 e. The minimum absolute atomic E-state index is 0.122. The number of Topliss-reactive ketones (excluding diaryl/α,β-unsaturated/α-hetero) is 1. The molecule has 92 valence electrons. The predicted octanol–water partition coefficient (Wildman–Crippen LogP) is 3.18. The van der Waals surface area contributed by atoms with Crippen LogP contribution in [0.3, 0.4) is 0 Å². The molecule has 1 aromatic carbocycles. The van der Waals surface area contributed by atoms with Crippen molar-refractivity contribution in [2.45, 2.75) is 6.92 Å². The van der Waals surface area contributed by atoms with Crippen molar-refractivity contribution in [2.75, 3.05) is 0 Å². The fourth-order valence-electron chi connectivity index (χ4n) is 1.72. The molecule has 3 heteroatoms. The van der Waals surface area contributed by atoms with Gasteiger partial charge in [-0.05, 0) is 36.8 Å². The highest BCUT2D eigenvalue weighted by Gasteiger charge is 2.11. The molecule has 0 saturated heterocycles. The highest BCUT2D eigenvalue weighted by molar-refractivity contribution is 6.14. The molecule has 0 N–H and O–H groups in total. The zero-order valence-corrected chi connectivity index (χ0v) is 10.5. The van der Waals surface area contributed by atoms with Crippen LogP contribution in [0.1, 0.15) is 21.5 Å². The molecule has 19 heavy (non-hydrogen) atoms. The van der Waals surface area contributed by atoms with Crippen LogP contribution in [-0.4, -0.2) is 10.8 Å². The second kappa shape index (κ2) is 5.74. The zero-order chi connectivity index (χ0) is 13.7. The Labute approximate surface area is 111 Å². The molecule has 0 aliphatic rings. The van der Waals surface area contributed by atoms with Crippen molar-refractivity contribution in [1.29, 1.82) is 5.26 Å². The first-order valence-corrected chi connectivity index (χ1v) is 5.84. The van der Waals surface area contributed by atoms with Crippen molar-refractivity contribution < 1.29 is 4.79 Å². The average Bonchev–Trinajstić information content (AvgIpc) is 2.45. The first kappa shape index (κ1) is 12.7. The number of benzene rings is 1. The van der Waals surface area contributed by atoms with Gasteiger partial charge in [0.15, 0.2) is 0 Å². The third-order valence-electron chi connectivity index (χ3n) is 2.66. The van der Waals surface area contributed by atoms with E-state index in [1.54, 1.807) is 42.7 Å². The van der Waals surface area contributed by atoms with E-state index in [9.17, 15) is 4.79 Å². The van der Waals surface area contributed by atoms with Crippen molar-refractivity contribution in [3.63, 3.8) is 0 Å². The standard InChI is InChI=1S/C16H12N2O/c1-12-3-2-4-14(9-12)16(19)15(11-17)10-13-5-7-18-8-6-13/h2-10H,1H3/b15-10+. The van der Waals surface area contributed by atoms with Gasteiger partial charge in [-0.25, -0.2) is 0 Å². The first-order valence-electron chi connectivity index (χ1n) is 5.84. The average molecular weight is 248 g/mol. The fraction of sp³-hybridized carbons (Fsp3) is 0.0625. The molecule has 3 nitrogen and oxygen atoms in total. The molecule has 0 unspecified atom stereocenters. The molecule has 0 spiro atoms. The van der Waals surface area contributed by atoms with Gasteiger partial charge in [0.05, 0.1) is 0 Å². The summed E-state index contributed by atoms with van der Waals surface area (Å²) in [5, 5.41) is 9.13. The van der Waals surface area contributed by atoms with Crippen molar-refractivity contribution in [3.8, 4) is 6.07 Å². The molecule has 0 saturated carbocycles. The second-order valence-corrected chi connectivity index (χ2v) is 4.15. The normalized spacial score (nSPS) is 10.8. The van der Waals surface area contributed by atoms with Crippen LogP contribution in [0, 0.1) is 18.3 Å². The van der Waals surface area contributed by atoms with E-state index in [-0.39, 0.29) is 11.4 Å². The summed E-state index contributed by atoms with van der Waals surface area (Å²) >= 11 is 0. The van der Waals surface area contributed by atoms with Crippen LogP contribution >= 0.6 is 0 Å². The molecule has 0 fully saturated rings. The van der Waals surface area contributed by atoms with Gasteiger partial charge in [-0.1, -0.05) is 23.8 Å². The van der Waals surface area contributed by atoms with Crippen LogP contribution in [0.2, 0.25) is 0 Å². The number of rotatable bonds is 3. The Bertz CT molecular complexity index is 667. The lowest BCUT2D eigenvalue weighted by molar-refractivity contribution is 0.104. The summed E-state index contributed by atoms with van der Waals surface area (Å²) in [4.78, 5) is 16.1. The summed E-state index contributed by atoms with van der Waals surface area (Å²) in [6, 6.07) is 12.7. The highest BCUT2D eigenvalue weighted by atomic mass is 16.1. The second-order valence-electron chi connectivity index (χ2n) is 4.15. The lowest BCUT2D eigenvalue weighted by atomic mass is 10.0. The quantitative estimate of drug-likeness (QED) is 0.476. The van der Waals surface area contributed by atoms with Crippen molar-refractivity contribution >= 4 is 11.9 Å². The van der Waals surface area contributed by atoms with Gasteiger partial charge < -0.3 is 0 Å². The summed E-state index contributed by atoms with van der Waals surface area (Å²) in [6.07, 6.45) is 4.82. The van der Waals surface area contributed by atoms with E-state index in [1.807, 2.05) is 25.1 Å². The highest BCUT2D eigenvalue weighted by Crippen LogP contribution is 2.13. The van der Waals surface area contributed by atoms with Gasteiger partial charge in [0.1, 0.15) is 11.6 Å². The smallest absolute Gasteiger partial charge is 0.203 e. The van der Waals surface area contributed by atoms with Gasteiger partial charge in [-0.2, -0.15) is 5.26 Å². The molecule has 2 rings (SSSR count). The van der Waals surface area contributed by atoms with Gasteiger partial charge in [-0.15, -0.1) is 0 Å². The minimum Gasteiger partial charge on any atom is -0.288 e. The Kier molecular flexibility index (Phi) is 3.84. The van der Waals surface area contributed by atoms with Crippen LogP contribution in [-0.2, 0) is 0 Å². The van der Waals surface area contributed by atoms with Crippen LogP contribution in [0.5, 0.6) is 0 Å². The summed E-state index contributed by atoms with van der Waals surface area (Å²) in [5.74, 6) is -0.261. The number of nitriles is 1. The van der Waals surface area contributed by atoms with Crippen molar-refractivity contribution in [3.05, 3.63) is 71.1 Å². The Balaban J connectivity index is 2.36. The van der Waals surface area contributed by atoms with E-state index in [4.69, 9.17) is 5.26 Å². The Hall–Kier alpha value is -2.73. The summed E-state index contributed by atoms with van der Waals surface area (Å²) in [6.45, 7) is 1.91. The minimum atomic E-state index is -0.261. The lowest BCUT2D eigenvalue weighted by Gasteiger charge is -2.01. The molecular formula is C16H12N2O. The van der Waals surface area contributed by atoms with E-state index >= 15 is 0 Å². The van der Waals surface area contributed by atoms with Gasteiger partial charge >= 0.3 is 0 Å². The third kappa shape index (κ3) is 3.14. The number of allylic oxidation sites excluding steroid dienone is 1. The van der Waals surface area contributed by atoms with Gasteiger partial charge in [-0.3, -0.25) is 9.78 Å². The Morgan fingerprint density at radius 2 is 2.00 bits per heavy atom. The Morgan fingerprint density at radius 1 is 1.26 bits per heavy atom. The molecule has 1 aromatic heterocycles. The summed E-state index contributed by atoms with van der Waals surface area (Å²) < 4.78 is 0. The molecule has 0 aliphatic heterocycles. The summed E-state index contributed by atoms with van der Waals surface area (Å²) in [5.41, 5.74) is 2.43. The molecule has 2 aromatic rings. The van der Waals surface area contributed by atoms with Crippen LogP contribution in [0.4, 0.5) is 0 Å². The largest absolute Gasteiger partial charge is 0.288 e. The third-order valence-corrected chi connectivity index (χ3v) is 2.66. The zero-order valence-electron chi connectivity index (χ0n) is 10.5. The monoisotopic (exact) mass is 248 g/mol. The number of aromatic nitrogens is 1. The number of pyridine rings is 1. The number of ketones is 1.